The Bertz CT molecular complexity index is 484. The topological polar surface area (TPSA) is 51.0 Å². The predicted molar refractivity (Wildman–Crippen MR) is 68.9 cm³/mol. The smallest absolute Gasteiger partial charge is 0.227 e. The van der Waals surface area contributed by atoms with E-state index >= 15 is 0 Å². The summed E-state index contributed by atoms with van der Waals surface area (Å²) in [5.74, 6) is 1.42. The highest BCUT2D eigenvalue weighted by molar-refractivity contribution is 9.10. The van der Waals surface area contributed by atoms with Gasteiger partial charge in [0.2, 0.25) is 5.89 Å². The maximum Gasteiger partial charge on any atom is 0.227 e. The molecule has 0 aliphatic rings. The molecule has 4 nitrogen and oxygen atoms in total. The Labute approximate surface area is 109 Å². The van der Waals surface area contributed by atoms with Crippen LogP contribution in [-0.2, 0) is 12.8 Å². The van der Waals surface area contributed by atoms with Gasteiger partial charge in [0.1, 0.15) is 0 Å². The lowest BCUT2D eigenvalue weighted by molar-refractivity contribution is 0.372. The molecule has 0 spiro atoms. The van der Waals surface area contributed by atoms with Crippen LogP contribution in [0.5, 0.6) is 0 Å². The first-order valence-corrected chi connectivity index (χ1v) is 6.28. The molecule has 0 aliphatic heterocycles. The summed E-state index contributed by atoms with van der Waals surface area (Å²) in [5, 5.41) is 7.01. The Morgan fingerprint density at radius 3 is 3.06 bits per heavy atom. The zero-order valence-electron chi connectivity index (χ0n) is 9.61. The van der Waals surface area contributed by atoms with Crippen LogP contribution in [0.4, 0.5) is 0 Å². The van der Waals surface area contributed by atoms with Gasteiger partial charge in [-0.05, 0) is 24.7 Å². The summed E-state index contributed by atoms with van der Waals surface area (Å²) in [5.41, 5.74) is 1.17. The van der Waals surface area contributed by atoms with E-state index in [1.165, 1.54) is 5.56 Å². The molecule has 2 aromatic rings. The minimum absolute atomic E-state index is 0.685. The van der Waals surface area contributed by atoms with Crippen molar-refractivity contribution in [1.29, 1.82) is 0 Å². The zero-order chi connectivity index (χ0) is 12.1. The molecule has 0 saturated carbocycles. The number of nitrogens with zero attached hydrogens (tertiary/aromatic N) is 2. The van der Waals surface area contributed by atoms with Crippen LogP contribution in [-0.4, -0.2) is 23.7 Å². The highest BCUT2D eigenvalue weighted by Gasteiger charge is 2.06. The molecule has 1 aromatic carbocycles. The fourth-order valence-corrected chi connectivity index (χ4v) is 1.97. The second-order valence-corrected chi connectivity index (χ2v) is 4.68. The van der Waals surface area contributed by atoms with E-state index in [2.05, 4.69) is 37.5 Å². The maximum atomic E-state index is 5.16. The van der Waals surface area contributed by atoms with Gasteiger partial charge in [0.15, 0.2) is 5.82 Å². The summed E-state index contributed by atoms with van der Waals surface area (Å²) in [6.45, 7) is 0.846. The molecule has 2 rings (SSSR count). The first-order valence-electron chi connectivity index (χ1n) is 5.48. The van der Waals surface area contributed by atoms with E-state index in [0.717, 1.165) is 23.3 Å². The number of aromatic nitrogens is 2. The van der Waals surface area contributed by atoms with Crippen LogP contribution >= 0.6 is 15.9 Å². The standard InChI is InChI=1S/C12H14BrN3O/c1-14-6-5-12-15-11(16-17-12)8-9-3-2-4-10(13)7-9/h2-4,7,14H,5-6,8H2,1H3. The Balaban J connectivity index is 2.01. The highest BCUT2D eigenvalue weighted by Crippen LogP contribution is 2.14. The third kappa shape index (κ3) is 3.64. The summed E-state index contributed by atoms with van der Waals surface area (Å²) in [4.78, 5) is 4.34. The van der Waals surface area contributed by atoms with Crippen LogP contribution in [0.1, 0.15) is 17.3 Å². The third-order valence-electron chi connectivity index (χ3n) is 2.35. The molecule has 0 saturated heterocycles. The lowest BCUT2D eigenvalue weighted by Gasteiger charge is -1.96. The molecule has 0 fully saturated rings. The number of nitrogens with one attached hydrogen (secondary N) is 1. The molecule has 1 heterocycles. The number of halogens is 1. The van der Waals surface area contributed by atoms with Gasteiger partial charge < -0.3 is 9.84 Å². The predicted octanol–water partition coefficient (Wildman–Crippen LogP) is 2.18. The van der Waals surface area contributed by atoms with Gasteiger partial charge in [-0.15, -0.1) is 0 Å². The van der Waals surface area contributed by atoms with Crippen molar-refractivity contribution in [3.8, 4) is 0 Å². The van der Waals surface area contributed by atoms with Gasteiger partial charge in [0.25, 0.3) is 0 Å². The number of benzene rings is 1. The van der Waals surface area contributed by atoms with Gasteiger partial charge in [-0.25, -0.2) is 0 Å². The van der Waals surface area contributed by atoms with Gasteiger partial charge >= 0.3 is 0 Å². The molecule has 0 radical (unpaired) electrons. The van der Waals surface area contributed by atoms with E-state index < -0.39 is 0 Å². The lowest BCUT2D eigenvalue weighted by atomic mass is 10.1. The molecule has 0 bridgehead atoms. The summed E-state index contributed by atoms with van der Waals surface area (Å²) in [7, 11) is 1.90. The van der Waals surface area contributed by atoms with Crippen LogP contribution in [0.25, 0.3) is 0 Å². The van der Waals surface area contributed by atoms with Crippen molar-refractivity contribution < 1.29 is 4.52 Å². The van der Waals surface area contributed by atoms with Gasteiger partial charge in [-0.2, -0.15) is 4.98 Å². The minimum Gasteiger partial charge on any atom is -0.339 e. The normalized spacial score (nSPS) is 10.7. The van der Waals surface area contributed by atoms with Crippen LogP contribution in [0, 0.1) is 0 Å². The highest BCUT2D eigenvalue weighted by atomic mass is 79.9. The van der Waals surface area contributed by atoms with Crippen molar-refractivity contribution >= 4 is 15.9 Å². The van der Waals surface area contributed by atoms with E-state index in [1.807, 2.05) is 25.2 Å². The Morgan fingerprint density at radius 1 is 1.41 bits per heavy atom. The molecule has 0 atom stereocenters. The second-order valence-electron chi connectivity index (χ2n) is 3.76. The molecule has 0 amide bonds. The Morgan fingerprint density at radius 2 is 2.29 bits per heavy atom. The Kier molecular flexibility index (Phi) is 4.28. The van der Waals surface area contributed by atoms with Gasteiger partial charge in [-0.3, -0.25) is 0 Å². The fourth-order valence-electron chi connectivity index (χ4n) is 1.52. The second kappa shape index (κ2) is 5.93. The SMILES string of the molecule is CNCCc1nc(Cc2cccc(Br)c2)no1. The molecule has 0 aliphatic carbocycles. The molecular weight excluding hydrogens is 282 g/mol. The molecule has 1 aromatic heterocycles. The van der Waals surface area contributed by atoms with Crippen LogP contribution in [0.2, 0.25) is 0 Å². The monoisotopic (exact) mass is 295 g/mol. The van der Waals surface area contributed by atoms with E-state index in [1.54, 1.807) is 0 Å². The lowest BCUT2D eigenvalue weighted by Crippen LogP contribution is -2.10. The van der Waals surface area contributed by atoms with Crippen molar-refractivity contribution in [2.24, 2.45) is 0 Å². The van der Waals surface area contributed by atoms with Gasteiger partial charge in [-0.1, -0.05) is 33.2 Å². The summed E-state index contributed by atoms with van der Waals surface area (Å²) in [6, 6.07) is 8.11. The molecule has 17 heavy (non-hydrogen) atoms. The quantitative estimate of drug-likeness (QED) is 0.919. The van der Waals surface area contributed by atoms with Crippen molar-refractivity contribution in [2.75, 3.05) is 13.6 Å². The van der Waals surface area contributed by atoms with Crippen molar-refractivity contribution in [3.63, 3.8) is 0 Å². The zero-order valence-corrected chi connectivity index (χ0v) is 11.2. The average Bonchev–Trinajstić information content (AvgIpc) is 2.74. The molecule has 0 unspecified atom stereocenters. The number of hydrogen-bond donors (Lipinski definition) is 1. The molecular formula is C12H14BrN3O. The van der Waals surface area contributed by atoms with E-state index in [9.17, 15) is 0 Å². The molecule has 5 heteroatoms. The van der Waals surface area contributed by atoms with Crippen LogP contribution in [0.3, 0.4) is 0 Å². The van der Waals surface area contributed by atoms with E-state index in [0.29, 0.717) is 12.3 Å². The van der Waals surface area contributed by atoms with Crippen LogP contribution < -0.4 is 5.32 Å². The first-order chi connectivity index (χ1) is 8.28. The number of rotatable bonds is 5. The Hall–Kier alpha value is -1.20. The average molecular weight is 296 g/mol. The minimum atomic E-state index is 0.685. The first kappa shape index (κ1) is 12.3. The van der Waals surface area contributed by atoms with Crippen LogP contribution in [0.15, 0.2) is 33.3 Å². The number of likely N-dealkylation sites (N-methyl/N-ethyl adjacent to an activating group) is 1. The van der Waals surface area contributed by atoms with Gasteiger partial charge in [0, 0.05) is 23.9 Å². The van der Waals surface area contributed by atoms with Crippen molar-refractivity contribution in [3.05, 3.63) is 46.0 Å². The summed E-state index contributed by atoms with van der Waals surface area (Å²) in [6.07, 6.45) is 1.46. The van der Waals surface area contributed by atoms with Crippen molar-refractivity contribution in [1.82, 2.24) is 15.5 Å². The number of hydrogen-bond acceptors (Lipinski definition) is 4. The van der Waals surface area contributed by atoms with E-state index in [-0.39, 0.29) is 0 Å². The van der Waals surface area contributed by atoms with Gasteiger partial charge in [0.05, 0.1) is 0 Å². The fraction of sp³-hybridized carbons (Fsp3) is 0.333. The summed E-state index contributed by atoms with van der Waals surface area (Å²) >= 11 is 3.44. The van der Waals surface area contributed by atoms with E-state index in [4.69, 9.17) is 4.52 Å². The molecule has 90 valence electrons. The maximum absolute atomic E-state index is 5.16. The third-order valence-corrected chi connectivity index (χ3v) is 2.84. The largest absolute Gasteiger partial charge is 0.339 e. The molecule has 1 N–H and O–H groups in total. The summed E-state index contributed by atoms with van der Waals surface area (Å²) < 4.78 is 6.22. The van der Waals surface area contributed by atoms with Crippen molar-refractivity contribution in [2.45, 2.75) is 12.8 Å².